The highest BCUT2D eigenvalue weighted by atomic mass is 35.5. The third-order valence-electron chi connectivity index (χ3n) is 2.22. The fraction of sp³-hybridized carbons (Fsp3) is 0.375. The van der Waals surface area contributed by atoms with Crippen LogP contribution in [-0.2, 0) is 4.79 Å². The third-order valence-corrected chi connectivity index (χ3v) is 2.22. The molecule has 0 aromatic carbocycles. The van der Waals surface area contributed by atoms with Gasteiger partial charge in [0.25, 0.3) is 5.56 Å². The largest absolute Gasteiger partial charge is 0.369 e. The van der Waals surface area contributed by atoms with Crippen LogP contribution in [0, 0.1) is 0 Å². The van der Waals surface area contributed by atoms with E-state index in [1.54, 1.807) is 0 Å². The van der Waals surface area contributed by atoms with Crippen molar-refractivity contribution in [2.75, 3.05) is 22.9 Å². The minimum absolute atomic E-state index is 0. The highest BCUT2D eigenvalue weighted by molar-refractivity contribution is 5.87. The predicted octanol–water partition coefficient (Wildman–Crippen LogP) is -0.00930. The van der Waals surface area contributed by atoms with Crippen LogP contribution in [0.2, 0.25) is 0 Å². The van der Waals surface area contributed by atoms with E-state index in [0.717, 1.165) is 0 Å². The van der Waals surface area contributed by atoms with Crippen molar-refractivity contribution in [1.82, 2.24) is 9.97 Å². The number of halogens is 2. The highest BCUT2D eigenvalue weighted by Crippen LogP contribution is 2.19. The lowest BCUT2D eigenvalue weighted by Crippen LogP contribution is -2.41. The molecular weight excluding hydrogens is 269 g/mol. The second-order valence-electron chi connectivity index (χ2n) is 3.36. The molecule has 0 amide bonds. The second-order valence-corrected chi connectivity index (χ2v) is 3.36. The van der Waals surface area contributed by atoms with E-state index in [1.807, 2.05) is 0 Å². The SMILES string of the molecule is CC(=O)C1CNc2nc(N)[nH]c(=O)c2N1.Cl.Cl. The molecule has 2 heterocycles. The number of hydrogen-bond donors (Lipinski definition) is 4. The molecule has 0 radical (unpaired) electrons. The third kappa shape index (κ3) is 3.01. The summed E-state index contributed by atoms with van der Waals surface area (Å²) >= 11 is 0. The minimum atomic E-state index is -0.399. The number of hydrogen-bond acceptors (Lipinski definition) is 6. The summed E-state index contributed by atoms with van der Waals surface area (Å²) in [5.74, 6) is 0.396. The average molecular weight is 282 g/mol. The van der Waals surface area contributed by atoms with Crippen molar-refractivity contribution in [2.45, 2.75) is 13.0 Å². The average Bonchev–Trinajstić information content (AvgIpc) is 2.16. The molecule has 7 nitrogen and oxygen atoms in total. The highest BCUT2D eigenvalue weighted by Gasteiger charge is 2.23. The predicted molar refractivity (Wildman–Crippen MR) is 70.3 cm³/mol. The Hall–Kier alpha value is -1.47. The lowest BCUT2D eigenvalue weighted by Gasteiger charge is -2.24. The monoisotopic (exact) mass is 281 g/mol. The first kappa shape index (κ1) is 15.5. The Morgan fingerprint density at radius 3 is 2.71 bits per heavy atom. The number of aromatic amines is 1. The molecule has 0 spiro atoms. The van der Waals surface area contributed by atoms with Gasteiger partial charge in [0.15, 0.2) is 11.6 Å². The van der Waals surface area contributed by atoms with Crippen molar-refractivity contribution < 1.29 is 4.79 Å². The number of ketones is 1. The number of aromatic nitrogens is 2. The lowest BCUT2D eigenvalue weighted by molar-refractivity contribution is -0.117. The van der Waals surface area contributed by atoms with Crippen molar-refractivity contribution in [3.05, 3.63) is 10.4 Å². The van der Waals surface area contributed by atoms with Crippen molar-refractivity contribution in [1.29, 1.82) is 0 Å². The van der Waals surface area contributed by atoms with Gasteiger partial charge in [0.1, 0.15) is 11.7 Å². The zero-order valence-electron chi connectivity index (χ0n) is 8.94. The molecule has 96 valence electrons. The zero-order valence-corrected chi connectivity index (χ0v) is 10.6. The molecular formula is C8H13Cl2N5O2. The summed E-state index contributed by atoms with van der Waals surface area (Å²) in [6, 6.07) is -0.399. The molecule has 0 aliphatic carbocycles. The molecule has 0 fully saturated rings. The number of H-pyrrole nitrogens is 1. The maximum Gasteiger partial charge on any atom is 0.277 e. The van der Waals surface area contributed by atoms with Crippen LogP contribution >= 0.6 is 24.8 Å². The van der Waals surface area contributed by atoms with E-state index in [1.165, 1.54) is 6.92 Å². The summed E-state index contributed by atoms with van der Waals surface area (Å²) in [4.78, 5) is 28.9. The molecule has 1 aliphatic rings. The van der Waals surface area contributed by atoms with E-state index in [-0.39, 0.29) is 47.8 Å². The molecule has 0 saturated carbocycles. The maximum atomic E-state index is 11.5. The molecule has 1 atom stereocenters. The van der Waals surface area contributed by atoms with Crippen LogP contribution in [0.25, 0.3) is 0 Å². The van der Waals surface area contributed by atoms with Crippen LogP contribution in [0.3, 0.4) is 0 Å². The van der Waals surface area contributed by atoms with Gasteiger partial charge >= 0.3 is 0 Å². The second kappa shape index (κ2) is 5.74. The number of nitrogens with two attached hydrogens (primary N) is 1. The smallest absolute Gasteiger partial charge is 0.277 e. The van der Waals surface area contributed by atoms with Crippen LogP contribution in [0.15, 0.2) is 4.79 Å². The van der Waals surface area contributed by atoms with Gasteiger partial charge in [-0.2, -0.15) is 4.98 Å². The van der Waals surface area contributed by atoms with E-state index in [0.29, 0.717) is 12.4 Å². The number of carbonyl (C=O) groups is 1. The molecule has 1 aromatic rings. The van der Waals surface area contributed by atoms with E-state index < -0.39 is 6.04 Å². The first-order valence-corrected chi connectivity index (χ1v) is 4.48. The Labute approximate surface area is 109 Å². The van der Waals surface area contributed by atoms with Gasteiger partial charge in [-0.3, -0.25) is 14.6 Å². The number of rotatable bonds is 1. The van der Waals surface area contributed by atoms with Crippen molar-refractivity contribution >= 4 is 48.1 Å². The number of fused-ring (bicyclic) bond motifs is 1. The Bertz CT molecular complexity index is 475. The normalized spacial score (nSPS) is 16.4. The number of nitrogen functional groups attached to an aromatic ring is 1. The van der Waals surface area contributed by atoms with E-state index in [2.05, 4.69) is 20.6 Å². The molecule has 1 aliphatic heterocycles. The fourth-order valence-electron chi connectivity index (χ4n) is 1.42. The summed E-state index contributed by atoms with van der Waals surface area (Å²) in [6.07, 6.45) is 0. The molecule has 1 unspecified atom stereocenters. The van der Waals surface area contributed by atoms with E-state index in [9.17, 15) is 9.59 Å². The summed E-state index contributed by atoms with van der Waals surface area (Å²) < 4.78 is 0. The fourth-order valence-corrected chi connectivity index (χ4v) is 1.42. The Morgan fingerprint density at radius 1 is 1.47 bits per heavy atom. The van der Waals surface area contributed by atoms with Gasteiger partial charge in [-0.25, -0.2) is 0 Å². The summed E-state index contributed by atoms with van der Waals surface area (Å²) in [6.45, 7) is 1.86. The van der Waals surface area contributed by atoms with Gasteiger partial charge in [0, 0.05) is 6.54 Å². The minimum Gasteiger partial charge on any atom is -0.369 e. The number of Topliss-reactive ketones (excluding diaryl/α,β-unsaturated/α-hetero) is 1. The number of nitrogens with one attached hydrogen (secondary N) is 3. The van der Waals surface area contributed by atoms with E-state index in [4.69, 9.17) is 5.73 Å². The standard InChI is InChI=1S/C8H11N5O2.2ClH/c1-3(14)4-2-10-6-5(11-4)7(15)13-8(9)12-6;;/h4,11H,2H2,1H3,(H4,9,10,12,13,15);2*1H. The van der Waals surface area contributed by atoms with Gasteiger partial charge in [-0.15, -0.1) is 24.8 Å². The number of anilines is 3. The first-order valence-electron chi connectivity index (χ1n) is 4.48. The van der Waals surface area contributed by atoms with Gasteiger partial charge in [0.05, 0.1) is 0 Å². The molecule has 9 heteroatoms. The summed E-state index contributed by atoms with van der Waals surface area (Å²) in [5.41, 5.74) is 5.26. The van der Waals surface area contributed by atoms with Crippen LogP contribution in [0.1, 0.15) is 6.92 Å². The van der Waals surface area contributed by atoms with Gasteiger partial charge < -0.3 is 16.4 Å². The molecule has 0 saturated heterocycles. The Morgan fingerprint density at radius 2 is 2.12 bits per heavy atom. The Kier molecular flexibility index (Phi) is 5.24. The maximum absolute atomic E-state index is 11.5. The van der Waals surface area contributed by atoms with Crippen molar-refractivity contribution in [2.24, 2.45) is 0 Å². The van der Waals surface area contributed by atoms with Crippen LogP contribution in [-0.4, -0.2) is 28.3 Å². The quantitative estimate of drug-likeness (QED) is 0.576. The van der Waals surface area contributed by atoms with Gasteiger partial charge in [-0.1, -0.05) is 0 Å². The Balaban J connectivity index is 0.00000128. The van der Waals surface area contributed by atoms with Crippen molar-refractivity contribution in [3.8, 4) is 0 Å². The van der Waals surface area contributed by atoms with Crippen LogP contribution < -0.4 is 21.9 Å². The number of nitrogens with zero attached hydrogens (tertiary/aromatic N) is 1. The van der Waals surface area contributed by atoms with Crippen LogP contribution in [0.5, 0.6) is 0 Å². The van der Waals surface area contributed by atoms with Crippen molar-refractivity contribution in [3.63, 3.8) is 0 Å². The lowest BCUT2D eigenvalue weighted by atomic mass is 10.1. The molecule has 5 N–H and O–H groups in total. The number of carbonyl (C=O) groups excluding carboxylic acids is 1. The first-order chi connectivity index (χ1) is 7.08. The zero-order chi connectivity index (χ0) is 11.0. The summed E-state index contributed by atoms with van der Waals surface area (Å²) in [5, 5.41) is 5.70. The van der Waals surface area contributed by atoms with Gasteiger partial charge in [-0.05, 0) is 6.92 Å². The van der Waals surface area contributed by atoms with Crippen LogP contribution in [0.4, 0.5) is 17.5 Å². The van der Waals surface area contributed by atoms with E-state index >= 15 is 0 Å². The topological polar surface area (TPSA) is 113 Å². The molecule has 17 heavy (non-hydrogen) atoms. The summed E-state index contributed by atoms with van der Waals surface area (Å²) in [7, 11) is 0. The van der Waals surface area contributed by atoms with Gasteiger partial charge in [0.2, 0.25) is 5.95 Å². The molecule has 2 rings (SSSR count). The molecule has 0 bridgehead atoms. The molecule has 1 aromatic heterocycles.